The highest BCUT2D eigenvalue weighted by Crippen LogP contribution is 2.41. The minimum atomic E-state index is -0.426. The Morgan fingerprint density at radius 1 is 0.848 bits per heavy atom. The minimum absolute atomic E-state index is 0.136. The van der Waals surface area contributed by atoms with Crippen molar-refractivity contribution in [1.29, 1.82) is 0 Å². The number of carbonyl (C=O) groups is 2. The van der Waals surface area contributed by atoms with Crippen LogP contribution >= 0.6 is 0 Å². The number of carbonyl (C=O) groups excluding carboxylic acids is 2. The highest BCUT2D eigenvalue weighted by molar-refractivity contribution is 6.36. The fraction of sp³-hybridized carbons (Fsp3) is 0.160. The molecular weight excluding hydrogens is 422 g/mol. The van der Waals surface area contributed by atoms with Gasteiger partial charge in [0.05, 0.1) is 33.4 Å². The van der Waals surface area contributed by atoms with Gasteiger partial charge in [-0.25, -0.2) is 0 Å². The van der Waals surface area contributed by atoms with E-state index in [0.29, 0.717) is 34.1 Å². The van der Waals surface area contributed by atoms with E-state index < -0.39 is 5.91 Å². The van der Waals surface area contributed by atoms with Crippen molar-refractivity contribution >= 4 is 23.1 Å². The van der Waals surface area contributed by atoms with Gasteiger partial charge in [-0.05, 0) is 23.3 Å². The van der Waals surface area contributed by atoms with Crippen LogP contribution in [0, 0.1) is 0 Å². The second-order valence-electron chi connectivity index (χ2n) is 7.21. The molecule has 2 amide bonds. The van der Waals surface area contributed by atoms with Gasteiger partial charge in [0.1, 0.15) is 5.70 Å². The number of benzene rings is 2. The summed E-state index contributed by atoms with van der Waals surface area (Å²) in [5, 5.41) is 3.13. The van der Waals surface area contributed by atoms with E-state index in [2.05, 4.69) is 10.3 Å². The van der Waals surface area contributed by atoms with Crippen LogP contribution in [0.5, 0.6) is 17.2 Å². The smallest absolute Gasteiger partial charge is 0.278 e. The van der Waals surface area contributed by atoms with Gasteiger partial charge in [-0.15, -0.1) is 0 Å². The molecule has 33 heavy (non-hydrogen) atoms. The molecule has 0 unspecified atom stereocenters. The number of methoxy groups -OCH3 is 3. The van der Waals surface area contributed by atoms with E-state index in [-0.39, 0.29) is 18.1 Å². The van der Waals surface area contributed by atoms with Gasteiger partial charge in [0.2, 0.25) is 5.75 Å². The quantitative estimate of drug-likeness (QED) is 0.531. The molecule has 8 nitrogen and oxygen atoms in total. The number of imide groups is 1. The van der Waals surface area contributed by atoms with Crippen molar-refractivity contribution < 1.29 is 23.8 Å². The van der Waals surface area contributed by atoms with Crippen molar-refractivity contribution in [2.45, 2.75) is 6.54 Å². The van der Waals surface area contributed by atoms with Crippen LogP contribution in [0.1, 0.15) is 11.1 Å². The number of rotatable bonds is 8. The van der Waals surface area contributed by atoms with Gasteiger partial charge in [-0.2, -0.15) is 0 Å². The Hall–Kier alpha value is -4.33. The standard InChI is InChI=1S/C25H23N3O5/c1-31-19-13-18(14-20(32-2)23(19)33-3)27-22-21(17-7-5-4-6-8-17)24(29)28(25(22)30)15-16-9-11-26-12-10-16/h4-14,27H,15H2,1-3H3. The van der Waals surface area contributed by atoms with E-state index in [9.17, 15) is 9.59 Å². The molecule has 0 aliphatic carbocycles. The van der Waals surface area contributed by atoms with E-state index >= 15 is 0 Å². The largest absolute Gasteiger partial charge is 0.493 e. The lowest BCUT2D eigenvalue weighted by Crippen LogP contribution is -2.32. The predicted molar refractivity (Wildman–Crippen MR) is 123 cm³/mol. The first-order valence-electron chi connectivity index (χ1n) is 10.2. The molecule has 0 saturated heterocycles. The number of nitrogens with one attached hydrogen (secondary N) is 1. The number of anilines is 1. The Bertz CT molecular complexity index is 1180. The van der Waals surface area contributed by atoms with E-state index in [1.165, 1.54) is 26.2 Å². The van der Waals surface area contributed by atoms with Gasteiger partial charge in [0.25, 0.3) is 11.8 Å². The fourth-order valence-corrected chi connectivity index (χ4v) is 3.68. The number of ether oxygens (including phenoxy) is 3. The van der Waals surface area contributed by atoms with Gasteiger partial charge < -0.3 is 19.5 Å². The van der Waals surface area contributed by atoms with Crippen molar-refractivity contribution in [2.75, 3.05) is 26.6 Å². The molecule has 8 heteroatoms. The molecule has 1 N–H and O–H groups in total. The van der Waals surface area contributed by atoms with E-state index in [4.69, 9.17) is 14.2 Å². The van der Waals surface area contributed by atoms with Crippen LogP contribution in [0.25, 0.3) is 5.57 Å². The van der Waals surface area contributed by atoms with Crippen LogP contribution < -0.4 is 19.5 Å². The topological polar surface area (TPSA) is 90.0 Å². The van der Waals surface area contributed by atoms with Gasteiger partial charge in [0, 0.05) is 30.2 Å². The molecule has 3 aromatic rings. The van der Waals surface area contributed by atoms with Gasteiger partial charge in [-0.3, -0.25) is 19.5 Å². The molecule has 0 fully saturated rings. The summed E-state index contributed by atoms with van der Waals surface area (Å²) in [4.78, 5) is 32.0. The third-order valence-corrected chi connectivity index (χ3v) is 5.25. The zero-order chi connectivity index (χ0) is 23.4. The maximum Gasteiger partial charge on any atom is 0.278 e. The highest BCUT2D eigenvalue weighted by Gasteiger charge is 2.39. The zero-order valence-electron chi connectivity index (χ0n) is 18.5. The lowest BCUT2D eigenvalue weighted by molar-refractivity contribution is -0.137. The Balaban J connectivity index is 1.77. The lowest BCUT2D eigenvalue weighted by atomic mass is 10.0. The third-order valence-electron chi connectivity index (χ3n) is 5.25. The lowest BCUT2D eigenvalue weighted by Gasteiger charge is -2.17. The molecule has 0 atom stereocenters. The number of pyridine rings is 1. The van der Waals surface area contributed by atoms with Crippen molar-refractivity contribution in [3.63, 3.8) is 0 Å². The van der Waals surface area contributed by atoms with Gasteiger partial charge in [0.15, 0.2) is 11.5 Å². The molecule has 2 aromatic carbocycles. The normalized spacial score (nSPS) is 13.4. The Morgan fingerprint density at radius 3 is 2.06 bits per heavy atom. The van der Waals surface area contributed by atoms with Gasteiger partial charge in [-0.1, -0.05) is 30.3 Å². The molecule has 1 aliphatic heterocycles. The summed E-state index contributed by atoms with van der Waals surface area (Å²) in [6.07, 6.45) is 3.25. The van der Waals surface area contributed by atoms with Crippen LogP contribution in [0.4, 0.5) is 5.69 Å². The van der Waals surface area contributed by atoms with Gasteiger partial charge >= 0.3 is 0 Å². The van der Waals surface area contributed by atoms with E-state index in [0.717, 1.165) is 5.56 Å². The fourth-order valence-electron chi connectivity index (χ4n) is 3.68. The predicted octanol–water partition coefficient (Wildman–Crippen LogP) is 3.50. The van der Waals surface area contributed by atoms with Crippen molar-refractivity contribution in [3.8, 4) is 17.2 Å². The number of hydrogen-bond donors (Lipinski definition) is 1. The average molecular weight is 445 g/mol. The zero-order valence-corrected chi connectivity index (χ0v) is 18.5. The Kier molecular flexibility index (Phi) is 6.26. The summed E-state index contributed by atoms with van der Waals surface area (Å²) in [7, 11) is 4.53. The number of hydrogen-bond acceptors (Lipinski definition) is 7. The number of amides is 2. The first-order chi connectivity index (χ1) is 16.1. The van der Waals surface area contributed by atoms with E-state index in [1.54, 1.807) is 48.8 Å². The van der Waals surface area contributed by atoms with Crippen molar-refractivity contribution in [1.82, 2.24) is 9.88 Å². The molecule has 168 valence electrons. The van der Waals surface area contributed by atoms with Crippen LogP contribution in [0.3, 0.4) is 0 Å². The third kappa shape index (κ3) is 4.23. The van der Waals surface area contributed by atoms with Crippen molar-refractivity contribution in [3.05, 3.63) is 83.8 Å². The van der Waals surface area contributed by atoms with Crippen LogP contribution in [0.15, 0.2) is 72.7 Å². The molecule has 0 bridgehead atoms. The second-order valence-corrected chi connectivity index (χ2v) is 7.21. The van der Waals surface area contributed by atoms with Crippen molar-refractivity contribution in [2.24, 2.45) is 0 Å². The Morgan fingerprint density at radius 2 is 1.48 bits per heavy atom. The maximum absolute atomic E-state index is 13.4. The van der Waals surface area contributed by atoms with E-state index in [1.807, 2.05) is 18.2 Å². The summed E-state index contributed by atoms with van der Waals surface area (Å²) in [6, 6.07) is 16.0. The SMILES string of the molecule is COc1cc(NC2=C(c3ccccc3)C(=O)N(Cc3ccncc3)C2=O)cc(OC)c1OC. The first-order valence-corrected chi connectivity index (χ1v) is 10.2. The average Bonchev–Trinajstić information content (AvgIpc) is 3.08. The monoisotopic (exact) mass is 445 g/mol. The van der Waals surface area contributed by atoms with Crippen LogP contribution in [-0.2, 0) is 16.1 Å². The molecule has 0 spiro atoms. The minimum Gasteiger partial charge on any atom is -0.493 e. The summed E-state index contributed by atoms with van der Waals surface area (Å²) in [5.74, 6) is 0.469. The summed E-state index contributed by atoms with van der Waals surface area (Å²) in [6.45, 7) is 0.136. The van der Waals surface area contributed by atoms with Crippen LogP contribution in [0.2, 0.25) is 0 Å². The second kappa shape index (κ2) is 9.44. The maximum atomic E-state index is 13.4. The number of aromatic nitrogens is 1. The summed E-state index contributed by atoms with van der Waals surface area (Å²) < 4.78 is 16.2. The van der Waals surface area contributed by atoms with Crippen LogP contribution in [-0.4, -0.2) is 43.0 Å². The highest BCUT2D eigenvalue weighted by atomic mass is 16.5. The molecular formula is C25H23N3O5. The number of nitrogens with zero attached hydrogens (tertiary/aromatic N) is 2. The summed E-state index contributed by atoms with van der Waals surface area (Å²) >= 11 is 0. The molecule has 4 rings (SSSR count). The molecule has 1 aliphatic rings. The summed E-state index contributed by atoms with van der Waals surface area (Å²) in [5.41, 5.74) is 2.42. The molecule has 1 aromatic heterocycles. The molecule has 0 radical (unpaired) electrons. The molecule has 0 saturated carbocycles. The molecule has 2 heterocycles. The Labute approximate surface area is 191 Å². The first kappa shape index (κ1) is 21.9.